The molecule has 2 N–H and O–H groups in total. The molecule has 5 heteroatoms. The van der Waals surface area contributed by atoms with Crippen LogP contribution in [-0.2, 0) is 0 Å². The molecule has 0 aromatic heterocycles. The van der Waals surface area contributed by atoms with Gasteiger partial charge in [-0.15, -0.1) is 0 Å². The molecular weight excluding hydrogens is 267 g/mol. The maximum absolute atomic E-state index is 8.84. The molecule has 0 bridgehead atoms. The summed E-state index contributed by atoms with van der Waals surface area (Å²) in [6, 6.07) is 7.02. The Balaban J connectivity index is 2.12. The lowest BCUT2D eigenvalue weighted by molar-refractivity contribution is 0.263. The van der Waals surface area contributed by atoms with E-state index in [0.717, 1.165) is 12.8 Å². The molecule has 0 spiro atoms. The van der Waals surface area contributed by atoms with Crippen LogP contribution in [-0.4, -0.2) is 24.0 Å². The van der Waals surface area contributed by atoms with E-state index in [0.29, 0.717) is 18.1 Å². The van der Waals surface area contributed by atoms with Crippen LogP contribution >= 0.6 is 0 Å². The zero-order valence-corrected chi connectivity index (χ0v) is 13.0. The summed E-state index contributed by atoms with van der Waals surface area (Å²) in [7, 11) is -1.82. The Bertz CT molecular complexity index is 371. The first kappa shape index (κ1) is 17.9. The van der Waals surface area contributed by atoms with E-state index in [9.17, 15) is 0 Å². The van der Waals surface area contributed by atoms with Crippen LogP contribution in [0.15, 0.2) is 24.3 Å². The molecule has 0 unspecified atom stereocenters. The highest BCUT2D eigenvalue weighted by Crippen LogP contribution is 2.26. The zero-order valence-electron chi connectivity index (χ0n) is 13.0. The number of rotatable bonds is 12. The van der Waals surface area contributed by atoms with Crippen molar-refractivity contribution in [2.45, 2.75) is 58.3 Å². The highest BCUT2D eigenvalue weighted by Gasteiger charge is 2.14. The number of benzene rings is 1. The Morgan fingerprint density at radius 3 is 2.05 bits per heavy atom. The summed E-state index contributed by atoms with van der Waals surface area (Å²) < 4.78 is 10.5. The molecule has 0 aliphatic carbocycles. The van der Waals surface area contributed by atoms with Gasteiger partial charge in [0.25, 0.3) is 0 Å². The second-order valence-electron chi connectivity index (χ2n) is 5.21. The van der Waals surface area contributed by atoms with Gasteiger partial charge in [0, 0.05) is 0 Å². The number of unbranched alkanes of at least 4 members (excludes halogenated alkanes) is 7. The molecular formula is C16H27BO4. The molecule has 0 amide bonds. The first-order chi connectivity index (χ1) is 10.2. The van der Waals surface area contributed by atoms with Gasteiger partial charge in [0.2, 0.25) is 0 Å². The molecule has 0 aliphatic rings. The molecule has 21 heavy (non-hydrogen) atoms. The van der Waals surface area contributed by atoms with Crippen molar-refractivity contribution in [3.8, 4) is 11.5 Å². The van der Waals surface area contributed by atoms with Crippen LogP contribution in [0.1, 0.15) is 58.3 Å². The molecule has 118 valence electrons. The van der Waals surface area contributed by atoms with Gasteiger partial charge < -0.3 is 19.4 Å². The topological polar surface area (TPSA) is 58.9 Å². The maximum Gasteiger partial charge on any atom is 0.707 e. The third-order valence-corrected chi connectivity index (χ3v) is 3.34. The van der Waals surface area contributed by atoms with Crippen molar-refractivity contribution in [1.29, 1.82) is 0 Å². The van der Waals surface area contributed by atoms with E-state index in [4.69, 9.17) is 19.4 Å². The van der Waals surface area contributed by atoms with Gasteiger partial charge in [-0.2, -0.15) is 0 Å². The average Bonchev–Trinajstić information content (AvgIpc) is 2.46. The van der Waals surface area contributed by atoms with Crippen molar-refractivity contribution in [3.63, 3.8) is 0 Å². The summed E-state index contributed by atoms with van der Waals surface area (Å²) in [5, 5.41) is 17.7. The predicted octanol–water partition coefficient (Wildman–Crippen LogP) is 3.55. The minimum absolute atomic E-state index is 0.354. The second kappa shape index (κ2) is 11.5. The predicted molar refractivity (Wildman–Crippen MR) is 85.4 cm³/mol. The maximum atomic E-state index is 8.84. The van der Waals surface area contributed by atoms with Gasteiger partial charge in [-0.05, 0) is 18.6 Å². The molecule has 0 fully saturated rings. The highest BCUT2D eigenvalue weighted by molar-refractivity contribution is 6.33. The molecule has 0 radical (unpaired) electrons. The van der Waals surface area contributed by atoms with E-state index in [1.807, 2.05) is 6.07 Å². The third-order valence-electron chi connectivity index (χ3n) is 3.34. The Hall–Kier alpha value is -1.20. The Labute approximate surface area is 128 Å². The number of para-hydroxylation sites is 2. The van der Waals surface area contributed by atoms with Crippen molar-refractivity contribution in [3.05, 3.63) is 24.3 Å². The fourth-order valence-electron chi connectivity index (χ4n) is 2.20. The number of ether oxygens (including phenoxy) is 1. The minimum atomic E-state index is -1.82. The monoisotopic (exact) mass is 294 g/mol. The zero-order chi connectivity index (χ0) is 15.3. The summed E-state index contributed by atoms with van der Waals surface area (Å²) in [5.74, 6) is 0.903. The van der Waals surface area contributed by atoms with Crippen LogP contribution in [0.25, 0.3) is 0 Å². The quantitative estimate of drug-likeness (QED) is 0.457. The summed E-state index contributed by atoms with van der Waals surface area (Å²) in [5.41, 5.74) is 0. The Kier molecular flexibility index (Phi) is 9.75. The van der Waals surface area contributed by atoms with Crippen LogP contribution in [0.3, 0.4) is 0 Å². The van der Waals surface area contributed by atoms with Crippen LogP contribution in [0.5, 0.6) is 11.5 Å². The molecule has 1 aromatic carbocycles. The van der Waals surface area contributed by atoms with E-state index >= 15 is 0 Å². The summed E-state index contributed by atoms with van der Waals surface area (Å²) >= 11 is 0. The Morgan fingerprint density at radius 2 is 1.43 bits per heavy atom. The van der Waals surface area contributed by atoms with Crippen molar-refractivity contribution in [1.82, 2.24) is 0 Å². The van der Waals surface area contributed by atoms with Gasteiger partial charge in [0.15, 0.2) is 5.75 Å². The fourth-order valence-corrected chi connectivity index (χ4v) is 2.20. The van der Waals surface area contributed by atoms with E-state index in [1.54, 1.807) is 18.2 Å². The molecule has 0 aliphatic heterocycles. The number of hydrogen-bond acceptors (Lipinski definition) is 4. The minimum Gasteiger partial charge on any atom is -0.509 e. The van der Waals surface area contributed by atoms with Gasteiger partial charge in [-0.3, -0.25) is 0 Å². The normalized spacial score (nSPS) is 10.4. The van der Waals surface area contributed by atoms with Gasteiger partial charge in [0.1, 0.15) is 5.75 Å². The van der Waals surface area contributed by atoms with Gasteiger partial charge in [-0.1, -0.05) is 64.0 Å². The lowest BCUT2D eigenvalue weighted by Gasteiger charge is -2.12. The van der Waals surface area contributed by atoms with E-state index in [-0.39, 0.29) is 0 Å². The molecule has 1 rings (SSSR count). The van der Waals surface area contributed by atoms with E-state index in [1.165, 1.54) is 38.5 Å². The second-order valence-corrected chi connectivity index (χ2v) is 5.21. The van der Waals surface area contributed by atoms with Crippen LogP contribution in [0, 0.1) is 0 Å². The first-order valence-corrected chi connectivity index (χ1v) is 7.98. The SMILES string of the molecule is CCCCCCCCCCOc1ccccc1OB(O)O. The van der Waals surface area contributed by atoms with E-state index in [2.05, 4.69) is 6.92 Å². The van der Waals surface area contributed by atoms with Gasteiger partial charge in [-0.25, -0.2) is 0 Å². The van der Waals surface area contributed by atoms with Crippen LogP contribution in [0.4, 0.5) is 0 Å². The van der Waals surface area contributed by atoms with E-state index < -0.39 is 7.32 Å². The molecule has 0 saturated heterocycles. The smallest absolute Gasteiger partial charge is 0.509 e. The Morgan fingerprint density at radius 1 is 0.857 bits per heavy atom. The highest BCUT2D eigenvalue weighted by atomic mass is 16.6. The average molecular weight is 294 g/mol. The van der Waals surface area contributed by atoms with Crippen LogP contribution < -0.4 is 9.39 Å². The summed E-state index contributed by atoms with van der Waals surface area (Å²) in [6.45, 7) is 2.85. The fraction of sp³-hybridized carbons (Fsp3) is 0.625. The number of hydrogen-bond donors (Lipinski definition) is 2. The molecule has 0 saturated carbocycles. The molecule has 0 heterocycles. The van der Waals surface area contributed by atoms with Gasteiger partial charge >= 0.3 is 7.32 Å². The largest absolute Gasteiger partial charge is 0.707 e. The summed E-state index contributed by atoms with van der Waals surface area (Å²) in [4.78, 5) is 0. The van der Waals surface area contributed by atoms with Crippen molar-refractivity contribution in [2.75, 3.05) is 6.61 Å². The standard InChI is InChI=1S/C16H27BO4/c1-2-3-4-5-6-7-8-11-14-20-15-12-9-10-13-16(15)21-17(18)19/h9-10,12-13,18-19H,2-8,11,14H2,1H3. The lowest BCUT2D eigenvalue weighted by atomic mass is 10.1. The van der Waals surface area contributed by atoms with Crippen LogP contribution in [0.2, 0.25) is 0 Å². The van der Waals surface area contributed by atoms with Crippen molar-refractivity contribution >= 4 is 7.32 Å². The van der Waals surface area contributed by atoms with Gasteiger partial charge in [0.05, 0.1) is 6.61 Å². The first-order valence-electron chi connectivity index (χ1n) is 7.98. The molecule has 0 atom stereocenters. The summed E-state index contributed by atoms with van der Waals surface area (Å²) in [6.07, 6.45) is 10.0. The van der Waals surface area contributed by atoms with Crippen molar-refractivity contribution in [2.24, 2.45) is 0 Å². The molecule has 4 nitrogen and oxygen atoms in total. The van der Waals surface area contributed by atoms with Crippen molar-refractivity contribution < 1.29 is 19.4 Å². The lowest BCUT2D eigenvalue weighted by Crippen LogP contribution is -2.21. The molecule has 1 aromatic rings. The third kappa shape index (κ3) is 8.63.